The number of rotatable bonds is 2. The molecular formula is C9H17F3N2. The molecule has 0 unspecified atom stereocenters. The van der Waals surface area contributed by atoms with Gasteiger partial charge in [0.25, 0.3) is 0 Å². The first-order valence-electron chi connectivity index (χ1n) is 4.91. The fourth-order valence-corrected chi connectivity index (χ4v) is 1.95. The average molecular weight is 210 g/mol. The summed E-state index contributed by atoms with van der Waals surface area (Å²) in [5.41, 5.74) is 5.68. The van der Waals surface area contributed by atoms with Crippen molar-refractivity contribution in [2.75, 3.05) is 13.6 Å². The van der Waals surface area contributed by atoms with Crippen molar-refractivity contribution < 1.29 is 13.2 Å². The Balaban J connectivity index is 2.34. The molecule has 1 rings (SSSR count). The number of nitrogens with zero attached hydrogens (tertiary/aromatic N) is 1. The summed E-state index contributed by atoms with van der Waals surface area (Å²) < 4.78 is 36.2. The van der Waals surface area contributed by atoms with E-state index in [9.17, 15) is 13.2 Å². The highest BCUT2D eigenvalue weighted by Crippen LogP contribution is 2.24. The van der Waals surface area contributed by atoms with E-state index in [1.165, 1.54) is 11.9 Å². The van der Waals surface area contributed by atoms with E-state index in [0.717, 1.165) is 25.7 Å². The van der Waals surface area contributed by atoms with Crippen LogP contribution in [0.15, 0.2) is 0 Å². The molecule has 1 aliphatic rings. The molecule has 2 N–H and O–H groups in total. The number of halogens is 3. The van der Waals surface area contributed by atoms with Gasteiger partial charge >= 0.3 is 6.18 Å². The van der Waals surface area contributed by atoms with Crippen molar-refractivity contribution in [1.82, 2.24) is 4.90 Å². The van der Waals surface area contributed by atoms with E-state index in [0.29, 0.717) is 0 Å². The van der Waals surface area contributed by atoms with E-state index < -0.39 is 12.7 Å². The predicted molar refractivity (Wildman–Crippen MR) is 48.9 cm³/mol. The van der Waals surface area contributed by atoms with Crippen molar-refractivity contribution in [2.45, 2.75) is 43.9 Å². The van der Waals surface area contributed by atoms with E-state index in [4.69, 9.17) is 5.73 Å². The molecule has 1 aliphatic carbocycles. The Hall–Kier alpha value is -0.290. The number of nitrogens with two attached hydrogens (primary N) is 1. The molecule has 14 heavy (non-hydrogen) atoms. The van der Waals surface area contributed by atoms with Gasteiger partial charge in [-0.1, -0.05) is 0 Å². The Morgan fingerprint density at radius 2 is 1.71 bits per heavy atom. The SMILES string of the molecule is CN(CC(F)(F)F)[C@H]1CC[C@H](N)CC1. The van der Waals surface area contributed by atoms with Crippen molar-refractivity contribution >= 4 is 0 Å². The third-order valence-corrected chi connectivity index (χ3v) is 2.79. The van der Waals surface area contributed by atoms with Crippen molar-refractivity contribution in [3.8, 4) is 0 Å². The molecule has 1 saturated carbocycles. The van der Waals surface area contributed by atoms with E-state index in [-0.39, 0.29) is 12.1 Å². The summed E-state index contributed by atoms with van der Waals surface area (Å²) in [6, 6.07) is 0.238. The van der Waals surface area contributed by atoms with Crippen LogP contribution in [0.3, 0.4) is 0 Å². The minimum absolute atomic E-state index is 0.0522. The van der Waals surface area contributed by atoms with Crippen LogP contribution in [0.1, 0.15) is 25.7 Å². The Morgan fingerprint density at radius 1 is 1.21 bits per heavy atom. The van der Waals surface area contributed by atoms with Crippen LogP contribution in [0.25, 0.3) is 0 Å². The van der Waals surface area contributed by atoms with E-state index in [1.807, 2.05) is 0 Å². The van der Waals surface area contributed by atoms with E-state index >= 15 is 0 Å². The molecule has 84 valence electrons. The Bertz CT molecular complexity index is 173. The highest BCUT2D eigenvalue weighted by molar-refractivity contribution is 4.80. The lowest BCUT2D eigenvalue weighted by molar-refractivity contribution is -0.148. The first-order chi connectivity index (χ1) is 6.38. The molecule has 2 nitrogen and oxygen atoms in total. The quantitative estimate of drug-likeness (QED) is 0.752. The van der Waals surface area contributed by atoms with Gasteiger partial charge in [0.2, 0.25) is 0 Å². The number of hydrogen-bond acceptors (Lipinski definition) is 2. The summed E-state index contributed by atoms with van der Waals surface area (Å²) in [5, 5.41) is 0. The van der Waals surface area contributed by atoms with Crippen LogP contribution in [0.2, 0.25) is 0 Å². The molecule has 5 heteroatoms. The second kappa shape index (κ2) is 4.49. The van der Waals surface area contributed by atoms with Gasteiger partial charge in [0.1, 0.15) is 0 Å². The summed E-state index contributed by atoms with van der Waals surface area (Å²) in [7, 11) is 1.54. The van der Waals surface area contributed by atoms with Crippen LogP contribution < -0.4 is 5.73 Å². The first-order valence-corrected chi connectivity index (χ1v) is 4.91. The zero-order valence-electron chi connectivity index (χ0n) is 8.35. The topological polar surface area (TPSA) is 29.3 Å². The van der Waals surface area contributed by atoms with Gasteiger partial charge in [0.15, 0.2) is 0 Å². The fourth-order valence-electron chi connectivity index (χ4n) is 1.95. The molecule has 0 aromatic heterocycles. The maximum atomic E-state index is 12.1. The van der Waals surface area contributed by atoms with Gasteiger partial charge in [-0.15, -0.1) is 0 Å². The van der Waals surface area contributed by atoms with Crippen LogP contribution in [0, 0.1) is 0 Å². The molecule has 0 aliphatic heterocycles. The zero-order valence-corrected chi connectivity index (χ0v) is 8.35. The zero-order chi connectivity index (χ0) is 10.8. The van der Waals surface area contributed by atoms with Crippen LogP contribution >= 0.6 is 0 Å². The standard InChI is InChI=1S/C9H17F3N2/c1-14(6-9(10,11)12)8-4-2-7(13)3-5-8/h7-8H,2-6,13H2,1H3/t7-,8-. The van der Waals surface area contributed by atoms with E-state index in [1.54, 1.807) is 0 Å². The Labute approximate surface area is 82.2 Å². The van der Waals surface area contributed by atoms with E-state index in [2.05, 4.69) is 0 Å². The van der Waals surface area contributed by atoms with Crippen LogP contribution in [0.5, 0.6) is 0 Å². The van der Waals surface area contributed by atoms with Crippen molar-refractivity contribution in [2.24, 2.45) is 5.73 Å². The molecule has 0 heterocycles. The summed E-state index contributed by atoms with van der Waals surface area (Å²) in [5.74, 6) is 0. The first kappa shape index (κ1) is 11.8. The smallest absolute Gasteiger partial charge is 0.328 e. The van der Waals surface area contributed by atoms with Gasteiger partial charge in [0, 0.05) is 12.1 Å². The molecule has 0 saturated heterocycles. The molecule has 0 atom stereocenters. The monoisotopic (exact) mass is 210 g/mol. The van der Waals surface area contributed by atoms with Gasteiger partial charge in [0.05, 0.1) is 6.54 Å². The molecule has 1 fully saturated rings. The average Bonchev–Trinajstić information content (AvgIpc) is 2.02. The molecule has 0 spiro atoms. The van der Waals surface area contributed by atoms with Crippen LogP contribution in [-0.2, 0) is 0 Å². The summed E-state index contributed by atoms with van der Waals surface area (Å²) in [4.78, 5) is 1.39. The minimum atomic E-state index is -4.09. The lowest BCUT2D eigenvalue weighted by Gasteiger charge is -2.33. The van der Waals surface area contributed by atoms with Crippen molar-refractivity contribution in [3.63, 3.8) is 0 Å². The molecule has 0 radical (unpaired) electrons. The molecular weight excluding hydrogens is 193 g/mol. The Morgan fingerprint density at radius 3 is 2.14 bits per heavy atom. The number of alkyl halides is 3. The van der Waals surface area contributed by atoms with Gasteiger partial charge in [-0.25, -0.2) is 0 Å². The predicted octanol–water partition coefficient (Wildman–Crippen LogP) is 1.75. The van der Waals surface area contributed by atoms with Gasteiger partial charge < -0.3 is 5.73 Å². The largest absolute Gasteiger partial charge is 0.401 e. The maximum absolute atomic E-state index is 12.1. The van der Waals surface area contributed by atoms with Crippen molar-refractivity contribution in [1.29, 1.82) is 0 Å². The Kier molecular flexibility index (Phi) is 3.78. The second-order valence-corrected chi connectivity index (χ2v) is 4.10. The molecule has 0 bridgehead atoms. The lowest BCUT2D eigenvalue weighted by Crippen LogP contribution is -2.42. The van der Waals surface area contributed by atoms with Gasteiger partial charge in [-0.2, -0.15) is 13.2 Å². The molecule has 0 aromatic rings. The van der Waals surface area contributed by atoms with Crippen LogP contribution in [0.4, 0.5) is 13.2 Å². The highest BCUT2D eigenvalue weighted by atomic mass is 19.4. The summed E-state index contributed by atoms with van der Waals surface area (Å²) in [6.07, 6.45) is -0.838. The normalized spacial score (nSPS) is 29.6. The lowest BCUT2D eigenvalue weighted by atomic mass is 9.91. The maximum Gasteiger partial charge on any atom is 0.401 e. The van der Waals surface area contributed by atoms with Crippen molar-refractivity contribution in [3.05, 3.63) is 0 Å². The van der Waals surface area contributed by atoms with Crippen LogP contribution in [-0.4, -0.2) is 36.8 Å². The third kappa shape index (κ3) is 3.84. The summed E-state index contributed by atoms with van der Waals surface area (Å²) >= 11 is 0. The molecule has 0 aromatic carbocycles. The second-order valence-electron chi connectivity index (χ2n) is 4.10. The minimum Gasteiger partial charge on any atom is -0.328 e. The third-order valence-electron chi connectivity index (χ3n) is 2.79. The summed E-state index contributed by atoms with van der Waals surface area (Å²) in [6.45, 7) is -0.813. The number of hydrogen-bond donors (Lipinski definition) is 1. The molecule has 0 amide bonds. The fraction of sp³-hybridized carbons (Fsp3) is 1.00. The van der Waals surface area contributed by atoms with Gasteiger partial charge in [-0.05, 0) is 32.7 Å². The van der Waals surface area contributed by atoms with Gasteiger partial charge in [-0.3, -0.25) is 4.90 Å². The highest BCUT2D eigenvalue weighted by Gasteiger charge is 2.32.